The lowest BCUT2D eigenvalue weighted by atomic mass is 9.92. The molecule has 1 aromatic rings. The van der Waals surface area contributed by atoms with Gasteiger partial charge in [-0.1, -0.05) is 20.8 Å². The lowest BCUT2D eigenvalue weighted by Crippen LogP contribution is -2.16. The number of aromatic nitrogens is 2. The van der Waals surface area contributed by atoms with Gasteiger partial charge in [-0.25, -0.2) is 0 Å². The minimum Gasteiger partial charge on any atom is -0.402 e. The lowest BCUT2D eigenvalue weighted by Gasteiger charge is -2.17. The molecule has 0 amide bonds. The molecule has 0 saturated heterocycles. The van der Waals surface area contributed by atoms with E-state index in [1.54, 1.807) is 17.1 Å². The molecule has 1 aromatic heterocycles. The van der Waals surface area contributed by atoms with Gasteiger partial charge in [0, 0.05) is 24.4 Å². The van der Waals surface area contributed by atoms with Crippen LogP contribution in [0.25, 0.3) is 0 Å². The molecule has 0 unspecified atom stereocenters. The highest BCUT2D eigenvalue weighted by molar-refractivity contribution is 5.75. The van der Waals surface area contributed by atoms with E-state index in [0.29, 0.717) is 0 Å². The fraction of sp³-hybridized carbons (Fsp3) is 0.455. The van der Waals surface area contributed by atoms with E-state index in [1.165, 1.54) is 0 Å². The monoisotopic (exact) mass is 206 g/mol. The zero-order valence-electron chi connectivity index (χ0n) is 9.73. The molecule has 0 saturated carbocycles. The maximum Gasteiger partial charge on any atom is 0.101 e. The maximum atomic E-state index is 5.87. The summed E-state index contributed by atoms with van der Waals surface area (Å²) in [5.74, 6) is 0. The highest BCUT2D eigenvalue weighted by Crippen LogP contribution is 2.19. The topological polar surface area (TPSA) is 56.2 Å². The SMILES string of the molecule is Cn1cc(N=CC=C(N)C(C)(C)C)cn1. The predicted octanol–water partition coefficient (Wildman–Crippen LogP) is 2.01. The largest absolute Gasteiger partial charge is 0.402 e. The van der Waals surface area contributed by atoms with Gasteiger partial charge in [0.15, 0.2) is 0 Å². The van der Waals surface area contributed by atoms with Gasteiger partial charge in [0.05, 0.1) is 12.4 Å². The van der Waals surface area contributed by atoms with Crippen molar-refractivity contribution in [3.8, 4) is 0 Å². The number of nitrogens with two attached hydrogens (primary N) is 1. The van der Waals surface area contributed by atoms with E-state index in [2.05, 4.69) is 30.9 Å². The van der Waals surface area contributed by atoms with Crippen molar-refractivity contribution in [1.82, 2.24) is 9.78 Å². The first-order chi connectivity index (χ1) is 6.89. The van der Waals surface area contributed by atoms with Gasteiger partial charge >= 0.3 is 0 Å². The Kier molecular flexibility index (Phi) is 3.29. The van der Waals surface area contributed by atoms with Crippen LogP contribution < -0.4 is 5.73 Å². The van der Waals surface area contributed by atoms with Crippen molar-refractivity contribution in [3.63, 3.8) is 0 Å². The van der Waals surface area contributed by atoms with Crippen LogP contribution in [0.1, 0.15) is 20.8 Å². The molecule has 0 atom stereocenters. The number of aryl methyl sites for hydroxylation is 1. The van der Waals surface area contributed by atoms with Gasteiger partial charge in [0.2, 0.25) is 0 Å². The molecule has 4 nitrogen and oxygen atoms in total. The zero-order chi connectivity index (χ0) is 11.5. The van der Waals surface area contributed by atoms with Crippen molar-refractivity contribution >= 4 is 11.9 Å². The van der Waals surface area contributed by atoms with E-state index < -0.39 is 0 Å². The highest BCUT2D eigenvalue weighted by Gasteiger charge is 2.12. The molecule has 1 heterocycles. The third-order valence-electron chi connectivity index (χ3n) is 2.03. The van der Waals surface area contributed by atoms with Crippen LogP contribution in [0.2, 0.25) is 0 Å². The van der Waals surface area contributed by atoms with Crippen LogP contribution in [0.15, 0.2) is 29.2 Å². The van der Waals surface area contributed by atoms with Crippen molar-refractivity contribution in [3.05, 3.63) is 24.2 Å². The number of hydrogen-bond donors (Lipinski definition) is 1. The van der Waals surface area contributed by atoms with Gasteiger partial charge in [0.1, 0.15) is 5.69 Å². The van der Waals surface area contributed by atoms with Crippen molar-refractivity contribution in [2.45, 2.75) is 20.8 Å². The second-order valence-corrected chi connectivity index (χ2v) is 4.52. The van der Waals surface area contributed by atoms with E-state index in [9.17, 15) is 0 Å². The van der Waals surface area contributed by atoms with Crippen LogP contribution in [0.4, 0.5) is 5.69 Å². The van der Waals surface area contributed by atoms with Crippen LogP contribution in [0, 0.1) is 5.41 Å². The summed E-state index contributed by atoms with van der Waals surface area (Å²) >= 11 is 0. The number of rotatable bonds is 2. The van der Waals surface area contributed by atoms with E-state index in [-0.39, 0.29) is 5.41 Å². The molecule has 1 rings (SSSR count). The molecule has 82 valence electrons. The zero-order valence-corrected chi connectivity index (χ0v) is 9.73. The summed E-state index contributed by atoms with van der Waals surface area (Å²) in [6.45, 7) is 6.20. The second-order valence-electron chi connectivity index (χ2n) is 4.52. The molecule has 0 aliphatic heterocycles. The summed E-state index contributed by atoms with van der Waals surface area (Å²) in [6.07, 6.45) is 7.08. The van der Waals surface area contributed by atoms with Crippen LogP contribution in [0.3, 0.4) is 0 Å². The Bertz CT molecular complexity index is 380. The van der Waals surface area contributed by atoms with Crippen LogP contribution in [-0.4, -0.2) is 16.0 Å². The van der Waals surface area contributed by atoms with Gasteiger partial charge in [-0.2, -0.15) is 5.10 Å². The minimum atomic E-state index is -0.0129. The molecule has 4 heteroatoms. The first-order valence-electron chi connectivity index (χ1n) is 4.88. The fourth-order valence-corrected chi connectivity index (χ4v) is 0.929. The van der Waals surface area contributed by atoms with E-state index in [1.807, 2.05) is 19.3 Å². The summed E-state index contributed by atoms with van der Waals surface area (Å²) in [7, 11) is 1.86. The van der Waals surface area contributed by atoms with Gasteiger partial charge in [-0.15, -0.1) is 0 Å². The van der Waals surface area contributed by atoms with Crippen LogP contribution >= 0.6 is 0 Å². The molecule has 0 aromatic carbocycles. The number of hydrogen-bond acceptors (Lipinski definition) is 3. The molecular formula is C11H18N4. The van der Waals surface area contributed by atoms with Crippen molar-refractivity contribution in [2.75, 3.05) is 0 Å². The number of aliphatic imine (C=N–C) groups is 1. The Morgan fingerprint density at radius 3 is 2.67 bits per heavy atom. The van der Waals surface area contributed by atoms with E-state index in [0.717, 1.165) is 11.4 Å². The molecule has 0 aliphatic rings. The highest BCUT2D eigenvalue weighted by atomic mass is 15.2. The summed E-state index contributed by atoms with van der Waals surface area (Å²) in [6, 6.07) is 0. The fourth-order valence-electron chi connectivity index (χ4n) is 0.929. The molecular weight excluding hydrogens is 188 g/mol. The molecule has 0 aliphatic carbocycles. The standard InChI is InChI=1S/C11H18N4/c1-11(2,3)10(12)5-6-13-9-7-14-15(4)8-9/h5-8H,12H2,1-4H3. The van der Waals surface area contributed by atoms with Crippen molar-refractivity contribution in [2.24, 2.45) is 23.2 Å². The van der Waals surface area contributed by atoms with Gasteiger partial charge in [-0.3, -0.25) is 9.67 Å². The Morgan fingerprint density at radius 1 is 1.53 bits per heavy atom. The maximum absolute atomic E-state index is 5.87. The smallest absolute Gasteiger partial charge is 0.101 e. The van der Waals surface area contributed by atoms with Gasteiger partial charge in [-0.05, 0) is 6.08 Å². The normalized spacial score (nSPS) is 13.7. The first kappa shape index (κ1) is 11.5. The molecule has 0 spiro atoms. The Hall–Kier alpha value is -1.58. The molecule has 0 radical (unpaired) electrons. The third kappa shape index (κ3) is 3.58. The van der Waals surface area contributed by atoms with Crippen molar-refractivity contribution in [1.29, 1.82) is 0 Å². The van der Waals surface area contributed by atoms with Crippen LogP contribution in [-0.2, 0) is 7.05 Å². The minimum absolute atomic E-state index is 0.0129. The average Bonchev–Trinajstić information content (AvgIpc) is 2.49. The molecule has 15 heavy (non-hydrogen) atoms. The van der Waals surface area contributed by atoms with Gasteiger partial charge < -0.3 is 5.73 Å². The van der Waals surface area contributed by atoms with E-state index >= 15 is 0 Å². The summed E-state index contributed by atoms with van der Waals surface area (Å²) in [4.78, 5) is 4.22. The quantitative estimate of drug-likeness (QED) is 0.752. The molecule has 2 N–H and O–H groups in total. The third-order valence-corrected chi connectivity index (χ3v) is 2.03. The van der Waals surface area contributed by atoms with Gasteiger partial charge in [0.25, 0.3) is 0 Å². The first-order valence-corrected chi connectivity index (χ1v) is 4.88. The second kappa shape index (κ2) is 4.29. The summed E-state index contributed by atoms with van der Waals surface area (Å²) in [5, 5.41) is 4.01. The molecule has 0 fully saturated rings. The Labute approximate surface area is 90.5 Å². The Morgan fingerprint density at radius 2 is 2.20 bits per heavy atom. The summed E-state index contributed by atoms with van der Waals surface area (Å²) in [5.41, 5.74) is 7.50. The van der Waals surface area contributed by atoms with E-state index in [4.69, 9.17) is 5.73 Å². The average molecular weight is 206 g/mol. The predicted molar refractivity (Wildman–Crippen MR) is 63.1 cm³/mol. The van der Waals surface area contributed by atoms with Crippen molar-refractivity contribution < 1.29 is 0 Å². The Balaban J connectivity index is 2.68. The van der Waals surface area contributed by atoms with Crippen LogP contribution in [0.5, 0.6) is 0 Å². The number of nitrogens with zero attached hydrogens (tertiary/aromatic N) is 3. The summed E-state index contributed by atoms with van der Waals surface area (Å²) < 4.78 is 1.71. The molecule has 0 bridgehead atoms. The lowest BCUT2D eigenvalue weighted by molar-refractivity contribution is 0.498. The number of allylic oxidation sites excluding steroid dienone is 2.